The molecule has 0 N–H and O–H groups in total. The van der Waals surface area contributed by atoms with E-state index in [-0.39, 0.29) is 0 Å². The Kier molecular flexibility index (Phi) is 8.32. The number of pyridine rings is 1. The number of rotatable bonds is 6. The number of aromatic nitrogens is 5. The van der Waals surface area contributed by atoms with E-state index in [0.29, 0.717) is 17.5 Å². The maximum absolute atomic E-state index is 5.35. The Balaban J connectivity index is 1.05. The topological polar surface area (TPSA) is 56.5 Å². The Labute approximate surface area is 372 Å². The molecule has 64 heavy (non-hydrogen) atoms. The minimum Gasteiger partial charge on any atom is -0.309 e. The van der Waals surface area contributed by atoms with Gasteiger partial charge in [0.1, 0.15) is 0 Å². The van der Waals surface area contributed by atoms with Crippen molar-refractivity contribution in [2.45, 2.75) is 0 Å². The SMILES string of the molecule is c1ccc(-c2nc(-c3ccc(-c4cccc5c4sc4ccccc45)cc3)nc(-c3cccc4c3c3cc5c(-c6ccccc6)nc6ccccc6c5cc3n4-c3ccccc3)n2)cc1. The van der Waals surface area contributed by atoms with Crippen LogP contribution in [0.5, 0.6) is 0 Å². The molecule has 0 atom stereocenters. The van der Waals surface area contributed by atoms with Gasteiger partial charge in [-0.15, -0.1) is 11.3 Å². The first-order chi connectivity index (χ1) is 31.7. The highest BCUT2D eigenvalue weighted by Crippen LogP contribution is 2.44. The van der Waals surface area contributed by atoms with Gasteiger partial charge in [0, 0.05) is 69.7 Å². The molecule has 0 spiro atoms. The van der Waals surface area contributed by atoms with Crippen LogP contribution in [0.2, 0.25) is 0 Å². The fourth-order valence-corrected chi connectivity index (χ4v) is 10.7. The van der Waals surface area contributed by atoms with Gasteiger partial charge < -0.3 is 4.57 Å². The molecule has 0 bridgehead atoms. The first-order valence-corrected chi connectivity index (χ1v) is 22.3. The van der Waals surface area contributed by atoms with Crippen LogP contribution in [0.1, 0.15) is 0 Å². The van der Waals surface area contributed by atoms with Crippen molar-refractivity contribution >= 4 is 75.0 Å². The van der Waals surface area contributed by atoms with E-state index in [1.54, 1.807) is 0 Å². The molecule has 0 amide bonds. The van der Waals surface area contributed by atoms with Gasteiger partial charge in [-0.1, -0.05) is 170 Å². The number of benzene rings is 9. The summed E-state index contributed by atoms with van der Waals surface area (Å²) in [5.74, 6) is 1.85. The molecule has 0 unspecified atom stereocenters. The van der Waals surface area contributed by atoms with E-state index in [0.717, 1.165) is 82.7 Å². The standard InChI is InChI=1S/C58H35N5S/c1-4-16-37(17-5-1)54-47-34-48-51(35-46(47)42-22-10-12-27-49(42)59-54)63(40-20-8-3-9-21-40)50-28-15-26-45(53(48)50)58-61-56(38-18-6-2-7-19-38)60-57(62-58)39-32-30-36(31-33-39)41-24-14-25-44-43-23-11-13-29-52(43)64-55(41)44/h1-35H. The average molecular weight is 834 g/mol. The van der Waals surface area contributed by atoms with E-state index in [4.69, 9.17) is 19.9 Å². The van der Waals surface area contributed by atoms with Crippen LogP contribution >= 0.6 is 11.3 Å². The Bertz CT molecular complexity index is 3930. The normalized spacial score (nSPS) is 11.8. The largest absolute Gasteiger partial charge is 0.309 e. The minimum atomic E-state index is 0.612. The van der Waals surface area contributed by atoms with E-state index >= 15 is 0 Å². The molecule has 0 fully saturated rings. The fourth-order valence-electron chi connectivity index (χ4n) is 9.48. The lowest BCUT2D eigenvalue weighted by molar-refractivity contribution is 1.08. The number of hydrogen-bond acceptors (Lipinski definition) is 5. The van der Waals surface area contributed by atoms with Crippen LogP contribution in [0.3, 0.4) is 0 Å². The van der Waals surface area contributed by atoms with Gasteiger partial charge in [0.15, 0.2) is 17.5 Å². The van der Waals surface area contributed by atoms with E-state index in [1.165, 1.54) is 25.7 Å². The molecular formula is C58H35N5S. The first kappa shape index (κ1) is 36.3. The molecule has 13 aromatic rings. The van der Waals surface area contributed by atoms with Gasteiger partial charge in [0.05, 0.1) is 22.2 Å². The second-order valence-corrected chi connectivity index (χ2v) is 17.2. The van der Waals surface area contributed by atoms with E-state index in [9.17, 15) is 0 Å². The summed E-state index contributed by atoms with van der Waals surface area (Å²) in [5, 5.41) is 8.10. The number of hydrogen-bond donors (Lipinski definition) is 0. The van der Waals surface area contributed by atoms with Crippen molar-refractivity contribution in [3.8, 4) is 62.2 Å². The van der Waals surface area contributed by atoms with Crippen LogP contribution in [0.4, 0.5) is 0 Å². The molecule has 6 heteroatoms. The summed E-state index contributed by atoms with van der Waals surface area (Å²) in [5.41, 5.74) is 11.4. The van der Waals surface area contributed by atoms with E-state index in [1.807, 2.05) is 29.5 Å². The van der Waals surface area contributed by atoms with Gasteiger partial charge in [0.2, 0.25) is 0 Å². The average Bonchev–Trinajstić information content (AvgIpc) is 3.92. The number of thiophene rings is 1. The molecule has 298 valence electrons. The quantitative estimate of drug-likeness (QED) is 0.157. The lowest BCUT2D eigenvalue weighted by atomic mass is 9.97. The summed E-state index contributed by atoms with van der Waals surface area (Å²) in [6.07, 6.45) is 0. The maximum atomic E-state index is 5.35. The van der Waals surface area contributed by atoms with Crippen LogP contribution in [0.25, 0.3) is 126 Å². The van der Waals surface area contributed by atoms with Crippen LogP contribution < -0.4 is 0 Å². The van der Waals surface area contributed by atoms with Crippen molar-refractivity contribution in [2.24, 2.45) is 0 Å². The molecule has 13 rings (SSSR count). The first-order valence-electron chi connectivity index (χ1n) is 21.5. The van der Waals surface area contributed by atoms with Crippen molar-refractivity contribution < 1.29 is 0 Å². The second-order valence-electron chi connectivity index (χ2n) is 16.2. The van der Waals surface area contributed by atoms with Crippen molar-refractivity contribution in [3.63, 3.8) is 0 Å². The molecule has 0 aliphatic carbocycles. The van der Waals surface area contributed by atoms with Gasteiger partial charge in [0.25, 0.3) is 0 Å². The molecule has 0 saturated carbocycles. The molecule has 0 aliphatic heterocycles. The summed E-state index contributed by atoms with van der Waals surface area (Å²) in [6.45, 7) is 0. The summed E-state index contributed by atoms with van der Waals surface area (Å²) >= 11 is 1.85. The number of para-hydroxylation sites is 2. The van der Waals surface area contributed by atoms with Crippen LogP contribution in [0, 0.1) is 0 Å². The minimum absolute atomic E-state index is 0.612. The third-order valence-corrected chi connectivity index (χ3v) is 13.7. The molecule has 0 radical (unpaired) electrons. The maximum Gasteiger partial charge on any atom is 0.164 e. The smallest absolute Gasteiger partial charge is 0.164 e. The van der Waals surface area contributed by atoms with Gasteiger partial charge in [-0.05, 0) is 59.0 Å². The lowest BCUT2D eigenvalue weighted by Crippen LogP contribution is -2.00. The highest BCUT2D eigenvalue weighted by molar-refractivity contribution is 7.26. The number of nitrogens with zero attached hydrogens (tertiary/aromatic N) is 5. The second kappa shape index (κ2) is 14.7. The van der Waals surface area contributed by atoms with Crippen molar-refractivity contribution in [1.82, 2.24) is 24.5 Å². The third kappa shape index (κ3) is 5.84. The van der Waals surface area contributed by atoms with E-state index in [2.05, 4.69) is 199 Å². The molecule has 4 heterocycles. The summed E-state index contributed by atoms with van der Waals surface area (Å²) in [4.78, 5) is 21.1. The highest BCUT2D eigenvalue weighted by Gasteiger charge is 2.22. The zero-order valence-corrected chi connectivity index (χ0v) is 35.2. The lowest BCUT2D eigenvalue weighted by Gasteiger charge is -2.12. The van der Waals surface area contributed by atoms with Gasteiger partial charge in [-0.25, -0.2) is 19.9 Å². The summed E-state index contributed by atoms with van der Waals surface area (Å²) in [6, 6.07) is 74.9. The summed E-state index contributed by atoms with van der Waals surface area (Å²) < 4.78 is 4.96. The molecular weight excluding hydrogens is 799 g/mol. The Morgan fingerprint density at radius 1 is 0.344 bits per heavy atom. The Morgan fingerprint density at radius 2 is 0.938 bits per heavy atom. The van der Waals surface area contributed by atoms with Crippen LogP contribution in [-0.4, -0.2) is 24.5 Å². The van der Waals surface area contributed by atoms with Crippen LogP contribution in [0.15, 0.2) is 212 Å². The van der Waals surface area contributed by atoms with Crippen molar-refractivity contribution in [1.29, 1.82) is 0 Å². The fraction of sp³-hybridized carbons (Fsp3) is 0. The third-order valence-electron chi connectivity index (χ3n) is 12.4. The van der Waals surface area contributed by atoms with Gasteiger partial charge in [-0.2, -0.15) is 0 Å². The van der Waals surface area contributed by atoms with Crippen LogP contribution in [-0.2, 0) is 0 Å². The highest BCUT2D eigenvalue weighted by atomic mass is 32.1. The van der Waals surface area contributed by atoms with Gasteiger partial charge >= 0.3 is 0 Å². The zero-order valence-electron chi connectivity index (χ0n) is 34.4. The molecule has 0 aliphatic rings. The molecule has 9 aromatic carbocycles. The van der Waals surface area contributed by atoms with Crippen molar-refractivity contribution in [2.75, 3.05) is 0 Å². The van der Waals surface area contributed by atoms with E-state index < -0.39 is 0 Å². The summed E-state index contributed by atoms with van der Waals surface area (Å²) in [7, 11) is 0. The zero-order chi connectivity index (χ0) is 42.1. The van der Waals surface area contributed by atoms with Crippen molar-refractivity contribution in [3.05, 3.63) is 212 Å². The Hall–Kier alpha value is -8.32. The molecule has 0 saturated heterocycles. The predicted octanol–water partition coefficient (Wildman–Crippen LogP) is 15.4. The number of fused-ring (bicyclic) bond motifs is 9. The Morgan fingerprint density at radius 3 is 1.72 bits per heavy atom. The molecule has 5 nitrogen and oxygen atoms in total. The monoisotopic (exact) mass is 833 g/mol. The van der Waals surface area contributed by atoms with Gasteiger partial charge in [-0.3, -0.25) is 0 Å². The molecule has 4 aromatic heterocycles. The predicted molar refractivity (Wildman–Crippen MR) is 267 cm³/mol.